The van der Waals surface area contributed by atoms with Gasteiger partial charge in [0.2, 0.25) is 11.8 Å². The van der Waals surface area contributed by atoms with Crippen molar-refractivity contribution in [2.24, 2.45) is 0 Å². The molecule has 0 saturated carbocycles. The summed E-state index contributed by atoms with van der Waals surface area (Å²) >= 11 is 0. The van der Waals surface area contributed by atoms with Gasteiger partial charge in [-0.05, 0) is 88.1 Å². The van der Waals surface area contributed by atoms with E-state index in [0.717, 1.165) is 66.7 Å². The minimum absolute atomic E-state index is 0.0302. The van der Waals surface area contributed by atoms with Crippen LogP contribution in [-0.4, -0.2) is 102 Å². The van der Waals surface area contributed by atoms with E-state index >= 15 is 0 Å². The first-order valence-electron chi connectivity index (χ1n) is 21.0. The number of aryl methyl sites for hydroxylation is 1. The lowest BCUT2D eigenvalue weighted by Crippen LogP contribution is -2.33. The molecule has 2 aromatic heterocycles. The van der Waals surface area contributed by atoms with Crippen LogP contribution in [0.3, 0.4) is 0 Å². The van der Waals surface area contributed by atoms with Gasteiger partial charge in [0.1, 0.15) is 5.60 Å². The van der Waals surface area contributed by atoms with Crippen molar-refractivity contribution in [1.82, 2.24) is 35.8 Å². The largest absolute Gasteiger partial charge is 0.478 e. The van der Waals surface area contributed by atoms with Crippen LogP contribution >= 0.6 is 0 Å². The van der Waals surface area contributed by atoms with Gasteiger partial charge in [0, 0.05) is 49.8 Å². The van der Waals surface area contributed by atoms with Gasteiger partial charge in [-0.2, -0.15) is 4.80 Å². The number of rotatable bonds is 28. The van der Waals surface area contributed by atoms with Gasteiger partial charge >= 0.3 is 6.09 Å². The number of nitrogens with zero attached hydrogens (tertiary/aromatic N) is 5. The van der Waals surface area contributed by atoms with E-state index in [4.69, 9.17) is 28.7 Å². The highest BCUT2D eigenvalue weighted by molar-refractivity contribution is 5.75. The van der Waals surface area contributed by atoms with Crippen molar-refractivity contribution >= 4 is 12.0 Å². The van der Waals surface area contributed by atoms with Gasteiger partial charge in [-0.1, -0.05) is 74.5 Å². The number of unbranched alkanes of at least 4 members (excludes halogenated alkanes) is 2. The van der Waals surface area contributed by atoms with Crippen LogP contribution in [0.5, 0.6) is 5.88 Å². The molecule has 0 aliphatic heterocycles. The lowest BCUT2D eigenvalue weighted by atomic mass is 9.86. The second kappa shape index (κ2) is 25.5. The van der Waals surface area contributed by atoms with Crippen LogP contribution in [0, 0.1) is 0 Å². The molecule has 2 N–H and O–H groups in total. The summed E-state index contributed by atoms with van der Waals surface area (Å²) in [5, 5.41) is 19.0. The molecule has 2 aromatic carbocycles. The number of ether oxygens (including phenoxy) is 5. The summed E-state index contributed by atoms with van der Waals surface area (Å²) in [6.07, 6.45) is 5.69. The molecule has 0 radical (unpaired) electrons. The van der Waals surface area contributed by atoms with E-state index in [9.17, 15) is 9.59 Å². The minimum Gasteiger partial charge on any atom is -0.478 e. The highest BCUT2D eigenvalue weighted by Gasteiger charge is 2.26. The Bertz CT molecular complexity index is 1720. The van der Waals surface area contributed by atoms with E-state index in [2.05, 4.69) is 70.2 Å². The average Bonchev–Trinajstić information content (AvgIpc) is 3.71. The number of alkyl carbamates (subject to hydrolysis) is 1. The molecule has 0 fully saturated rings. The number of amides is 2. The number of carbonyl (C=O) groups is 2. The predicted octanol–water partition coefficient (Wildman–Crippen LogP) is 7.57. The van der Waals surface area contributed by atoms with Crippen molar-refractivity contribution in [3.63, 3.8) is 0 Å². The first kappa shape index (κ1) is 46.8. The zero-order valence-corrected chi connectivity index (χ0v) is 35.7. The minimum atomic E-state index is -0.504. The van der Waals surface area contributed by atoms with E-state index < -0.39 is 11.7 Å². The Morgan fingerprint density at radius 3 is 1.95 bits per heavy atom. The number of pyridine rings is 1. The van der Waals surface area contributed by atoms with Crippen molar-refractivity contribution in [3.05, 3.63) is 78.6 Å². The number of hydrogen-bond acceptors (Lipinski definition) is 11. The van der Waals surface area contributed by atoms with Crippen LogP contribution in [0.25, 0.3) is 22.4 Å². The third-order valence-electron chi connectivity index (χ3n) is 9.16. The Hall–Kier alpha value is -4.92. The topological polar surface area (TPSA) is 161 Å². The molecular weight excluding hydrogens is 751 g/mol. The molecule has 2 heterocycles. The summed E-state index contributed by atoms with van der Waals surface area (Å²) < 4.78 is 28.0. The van der Waals surface area contributed by atoms with Gasteiger partial charge in [0.15, 0.2) is 5.82 Å². The van der Waals surface area contributed by atoms with Crippen molar-refractivity contribution in [3.8, 4) is 28.3 Å². The third-order valence-corrected chi connectivity index (χ3v) is 9.16. The first-order chi connectivity index (χ1) is 28.5. The smallest absolute Gasteiger partial charge is 0.407 e. The molecule has 4 rings (SSSR count). The van der Waals surface area contributed by atoms with Crippen LogP contribution < -0.4 is 15.4 Å². The maximum absolute atomic E-state index is 12.3. The molecule has 0 bridgehead atoms. The Morgan fingerprint density at radius 2 is 1.29 bits per heavy atom. The maximum atomic E-state index is 12.3. The monoisotopic (exact) mass is 815 g/mol. The Morgan fingerprint density at radius 1 is 0.661 bits per heavy atom. The molecule has 14 nitrogen and oxygen atoms in total. The molecule has 0 atom stereocenters. The Balaban J connectivity index is 0.990. The molecule has 2 amide bonds. The van der Waals surface area contributed by atoms with Gasteiger partial charge in [0.05, 0.1) is 45.3 Å². The summed E-state index contributed by atoms with van der Waals surface area (Å²) in [7, 11) is 0. The lowest BCUT2D eigenvalue weighted by molar-refractivity contribution is -0.121. The molecule has 0 aliphatic rings. The van der Waals surface area contributed by atoms with Crippen LogP contribution in [-0.2, 0) is 35.7 Å². The Kier molecular flexibility index (Phi) is 20.2. The zero-order chi connectivity index (χ0) is 42.2. The van der Waals surface area contributed by atoms with E-state index in [1.54, 1.807) is 4.80 Å². The highest BCUT2D eigenvalue weighted by Crippen LogP contribution is 2.29. The Labute approximate surface area is 350 Å². The molecule has 0 saturated heterocycles. The number of nitrogens with one attached hydrogen (secondary N) is 2. The first-order valence-corrected chi connectivity index (χ1v) is 21.0. The molecule has 0 unspecified atom stereocenters. The van der Waals surface area contributed by atoms with Gasteiger partial charge in [-0.25, -0.2) is 9.78 Å². The second-order valence-corrected chi connectivity index (χ2v) is 16.0. The van der Waals surface area contributed by atoms with Gasteiger partial charge in [-0.3, -0.25) is 4.79 Å². The number of hydrogen-bond donors (Lipinski definition) is 2. The molecule has 322 valence electrons. The summed E-state index contributed by atoms with van der Waals surface area (Å²) in [6, 6.07) is 24.6. The third kappa shape index (κ3) is 19.1. The summed E-state index contributed by atoms with van der Waals surface area (Å²) in [4.78, 5) is 30.3. The van der Waals surface area contributed by atoms with Crippen LogP contribution in [0.15, 0.2) is 72.8 Å². The molecule has 59 heavy (non-hydrogen) atoms. The lowest BCUT2D eigenvalue weighted by Gasteiger charge is -2.20. The number of aromatic nitrogens is 5. The second-order valence-electron chi connectivity index (χ2n) is 16.0. The van der Waals surface area contributed by atoms with Crippen LogP contribution in [0.1, 0.15) is 91.8 Å². The standard InChI is InChI=1S/C45H65N7O7/c1-44(2,3)59-43(54)47-25-17-28-56-31-33-57-32-30-55-27-16-24-46-40(53)22-12-14-26-52-50-42(49-51-52)45(4,5)23-13-15-29-58-41-35-38(36-18-8-6-9-19-36)34-39(48-41)37-20-10-7-11-21-37/h6-11,18-21,34-35H,12-17,22-33H2,1-5H3,(H,46,53)(H,47,54). The normalized spacial score (nSPS) is 11.7. The van der Waals surface area contributed by atoms with Gasteiger partial charge < -0.3 is 34.3 Å². The molecule has 14 heteroatoms. The summed E-state index contributed by atoms with van der Waals surface area (Å²) in [5.41, 5.74) is 3.40. The molecule has 0 aliphatic carbocycles. The zero-order valence-electron chi connectivity index (χ0n) is 35.7. The summed E-state index contributed by atoms with van der Waals surface area (Å²) in [6.45, 7) is 15.0. The SMILES string of the molecule is CC(C)(C)OC(=O)NCCCOCCOCCOCCCNC(=O)CCCCn1nnc(C(C)(C)CCCCOc2cc(-c3ccccc3)cc(-c3ccccc3)n2)n1. The number of tetrazole rings is 1. The van der Waals surface area contributed by atoms with E-state index in [1.807, 2.05) is 63.2 Å². The van der Waals surface area contributed by atoms with Crippen molar-refractivity contribution < 1.29 is 33.3 Å². The fraction of sp³-hybridized carbons (Fsp3) is 0.556. The number of carbonyl (C=O) groups excluding carboxylic acids is 2. The van der Waals surface area contributed by atoms with Crippen LogP contribution in [0.4, 0.5) is 4.79 Å². The maximum Gasteiger partial charge on any atom is 0.407 e. The van der Waals surface area contributed by atoms with Crippen molar-refractivity contribution in [2.75, 3.05) is 59.3 Å². The average molecular weight is 816 g/mol. The van der Waals surface area contributed by atoms with E-state index in [-0.39, 0.29) is 11.3 Å². The number of benzene rings is 2. The van der Waals surface area contributed by atoms with Crippen molar-refractivity contribution in [1.29, 1.82) is 0 Å². The fourth-order valence-corrected chi connectivity index (χ4v) is 5.95. The van der Waals surface area contributed by atoms with Crippen LogP contribution in [0.2, 0.25) is 0 Å². The van der Waals surface area contributed by atoms with Gasteiger partial charge in [-0.15, -0.1) is 10.2 Å². The molecule has 0 spiro atoms. The van der Waals surface area contributed by atoms with Crippen molar-refractivity contribution in [2.45, 2.75) is 104 Å². The van der Waals surface area contributed by atoms with Gasteiger partial charge in [0.25, 0.3) is 0 Å². The van der Waals surface area contributed by atoms with E-state index in [0.29, 0.717) is 84.6 Å². The van der Waals surface area contributed by atoms with E-state index in [1.165, 1.54) is 0 Å². The quantitative estimate of drug-likeness (QED) is 0.0545. The molecular formula is C45H65N7O7. The fourth-order valence-electron chi connectivity index (χ4n) is 5.95. The summed E-state index contributed by atoms with van der Waals surface area (Å²) in [5.74, 6) is 1.37. The molecule has 4 aromatic rings. The highest BCUT2D eigenvalue weighted by atomic mass is 16.6. The predicted molar refractivity (Wildman–Crippen MR) is 228 cm³/mol.